The highest BCUT2D eigenvalue weighted by Gasteiger charge is 2.23. The second-order valence-corrected chi connectivity index (χ2v) is 15.6. The monoisotopic (exact) mass is 732 g/mol. The zero-order valence-corrected chi connectivity index (χ0v) is 34.1. The first-order chi connectivity index (χ1) is 23.3. The number of hydrogen-bond donors (Lipinski definition) is 6. The summed E-state index contributed by atoms with van der Waals surface area (Å²) in [4.78, 5) is 62.9. The van der Waals surface area contributed by atoms with Crippen LogP contribution in [0.2, 0.25) is 0 Å². The molecule has 51 heavy (non-hydrogen) atoms. The van der Waals surface area contributed by atoms with E-state index in [1.165, 1.54) is 19.3 Å². The topological polar surface area (TPSA) is 241 Å². The number of aliphatic carboxylic acids is 3. The Balaban J connectivity index is -0.000000289. The molecule has 12 heteroatoms. The SMILES string of the molecule is CCC(CC(C)C)CC(C)C(N)=O.CCC(CC(C)C)CC(C)C(N)=O.CCC(CC(C)C)CC(C)C(N)=O.O=C(O)CC(CC(=O)O)C(=O)O. The normalized spacial score (nSPS) is 14.4. The quantitative estimate of drug-likeness (QED) is 0.0614. The van der Waals surface area contributed by atoms with Crippen molar-refractivity contribution < 1.29 is 44.1 Å². The second kappa shape index (κ2) is 31.5. The van der Waals surface area contributed by atoms with Crippen LogP contribution in [-0.2, 0) is 28.8 Å². The molecule has 0 aromatic rings. The van der Waals surface area contributed by atoms with Gasteiger partial charge in [0.25, 0.3) is 0 Å². The number of carbonyl (C=O) groups excluding carboxylic acids is 3. The highest BCUT2D eigenvalue weighted by atomic mass is 16.4. The molecular formula is C39H77N3O9. The third-order valence-corrected chi connectivity index (χ3v) is 8.86. The molecule has 302 valence electrons. The molecule has 0 aliphatic rings. The fourth-order valence-electron chi connectivity index (χ4n) is 5.81. The summed E-state index contributed by atoms with van der Waals surface area (Å²) in [5.74, 6) is -1.68. The van der Waals surface area contributed by atoms with E-state index in [1.54, 1.807) is 0 Å². The molecule has 6 unspecified atom stereocenters. The molecule has 0 spiro atoms. The zero-order chi connectivity index (χ0) is 41.0. The number of nitrogens with two attached hydrogens (primary N) is 3. The third kappa shape index (κ3) is 36.4. The minimum Gasteiger partial charge on any atom is -0.481 e. The van der Waals surface area contributed by atoms with Crippen molar-refractivity contribution in [2.24, 2.45) is 76.4 Å². The van der Waals surface area contributed by atoms with Gasteiger partial charge in [-0.15, -0.1) is 0 Å². The molecule has 0 radical (unpaired) electrons. The van der Waals surface area contributed by atoms with Gasteiger partial charge in [-0.25, -0.2) is 0 Å². The minimum absolute atomic E-state index is 0.0312. The molecule has 0 heterocycles. The van der Waals surface area contributed by atoms with Crippen molar-refractivity contribution in [3.8, 4) is 0 Å². The van der Waals surface area contributed by atoms with Gasteiger partial charge in [-0.1, -0.05) is 102 Å². The van der Waals surface area contributed by atoms with Gasteiger partial charge in [0.15, 0.2) is 0 Å². The molecule has 3 amide bonds. The van der Waals surface area contributed by atoms with Crippen LogP contribution < -0.4 is 17.2 Å². The van der Waals surface area contributed by atoms with Gasteiger partial charge in [0.05, 0.1) is 18.8 Å². The Morgan fingerprint density at radius 3 is 0.765 bits per heavy atom. The van der Waals surface area contributed by atoms with Crippen LogP contribution in [0.1, 0.15) is 154 Å². The molecule has 0 rings (SSSR count). The van der Waals surface area contributed by atoms with Crippen LogP contribution in [0.5, 0.6) is 0 Å². The van der Waals surface area contributed by atoms with E-state index in [2.05, 4.69) is 62.3 Å². The van der Waals surface area contributed by atoms with Crippen molar-refractivity contribution in [2.75, 3.05) is 0 Å². The van der Waals surface area contributed by atoms with E-state index in [4.69, 9.17) is 32.5 Å². The van der Waals surface area contributed by atoms with Crippen LogP contribution in [0.3, 0.4) is 0 Å². The largest absolute Gasteiger partial charge is 0.481 e. The van der Waals surface area contributed by atoms with Crippen molar-refractivity contribution in [2.45, 2.75) is 154 Å². The highest BCUT2D eigenvalue weighted by Crippen LogP contribution is 2.24. The van der Waals surface area contributed by atoms with Crippen LogP contribution >= 0.6 is 0 Å². The molecule has 12 nitrogen and oxygen atoms in total. The fourth-order valence-corrected chi connectivity index (χ4v) is 5.81. The lowest BCUT2D eigenvalue weighted by Crippen LogP contribution is -2.23. The number of carbonyl (C=O) groups is 6. The molecule has 0 bridgehead atoms. The number of carboxylic acid groups (broad SMARTS) is 3. The van der Waals surface area contributed by atoms with E-state index in [9.17, 15) is 28.8 Å². The Bertz CT molecular complexity index is 883. The van der Waals surface area contributed by atoms with Crippen LogP contribution in [0, 0.1) is 59.2 Å². The lowest BCUT2D eigenvalue weighted by atomic mass is 9.87. The number of carboxylic acids is 3. The molecule has 0 aliphatic carbocycles. The predicted octanol–water partition coefficient (Wildman–Crippen LogP) is 7.35. The lowest BCUT2D eigenvalue weighted by Gasteiger charge is -2.19. The molecule has 6 atom stereocenters. The second-order valence-electron chi connectivity index (χ2n) is 15.6. The van der Waals surface area contributed by atoms with E-state index < -0.39 is 36.7 Å². The third-order valence-electron chi connectivity index (χ3n) is 8.86. The van der Waals surface area contributed by atoms with Crippen molar-refractivity contribution in [1.29, 1.82) is 0 Å². The van der Waals surface area contributed by atoms with Gasteiger partial charge in [-0.3, -0.25) is 28.8 Å². The van der Waals surface area contributed by atoms with E-state index in [-0.39, 0.29) is 35.5 Å². The maximum atomic E-state index is 10.9. The number of amides is 3. The van der Waals surface area contributed by atoms with Crippen LogP contribution in [0.4, 0.5) is 0 Å². The van der Waals surface area contributed by atoms with Gasteiger partial charge < -0.3 is 32.5 Å². The summed E-state index contributed by atoms with van der Waals surface area (Å²) >= 11 is 0. The first-order valence-corrected chi connectivity index (χ1v) is 18.9. The van der Waals surface area contributed by atoms with E-state index >= 15 is 0 Å². The van der Waals surface area contributed by atoms with Gasteiger partial charge in [-0.2, -0.15) is 0 Å². The zero-order valence-electron chi connectivity index (χ0n) is 34.1. The molecule has 0 aromatic carbocycles. The summed E-state index contributed by atoms with van der Waals surface area (Å²) in [7, 11) is 0. The Hall–Kier alpha value is -3.18. The number of rotatable bonds is 23. The fraction of sp³-hybridized carbons (Fsp3) is 0.846. The predicted molar refractivity (Wildman–Crippen MR) is 204 cm³/mol. The molecule has 0 saturated heterocycles. The van der Waals surface area contributed by atoms with Crippen LogP contribution in [0.15, 0.2) is 0 Å². The minimum atomic E-state index is -1.40. The summed E-state index contributed by atoms with van der Waals surface area (Å²) in [6.45, 7) is 25.6. The van der Waals surface area contributed by atoms with Crippen molar-refractivity contribution in [3.63, 3.8) is 0 Å². The molecule has 0 saturated carbocycles. The Morgan fingerprint density at radius 1 is 0.431 bits per heavy atom. The highest BCUT2D eigenvalue weighted by molar-refractivity contribution is 5.82. The smallest absolute Gasteiger partial charge is 0.307 e. The van der Waals surface area contributed by atoms with E-state index in [0.717, 1.165) is 38.5 Å². The van der Waals surface area contributed by atoms with Gasteiger partial charge in [0.2, 0.25) is 17.7 Å². The van der Waals surface area contributed by atoms with Gasteiger partial charge >= 0.3 is 17.9 Å². The molecule has 9 N–H and O–H groups in total. The Morgan fingerprint density at radius 2 is 0.647 bits per heavy atom. The van der Waals surface area contributed by atoms with Gasteiger partial charge in [0.1, 0.15) is 0 Å². The van der Waals surface area contributed by atoms with Crippen molar-refractivity contribution >= 4 is 35.6 Å². The standard InChI is InChI=1S/3C11H23NO.C6H8O6/c3*1-5-10(6-8(2)3)7-9(4)11(12)13;7-4(8)1-3(6(11)12)2-5(9)10/h3*8-10H,5-7H2,1-4H3,(H2,12,13);3H,1-2H2,(H,7,8)(H,9,10)(H,11,12). The number of hydrogen-bond acceptors (Lipinski definition) is 6. The Labute approximate surface area is 309 Å². The average Bonchev–Trinajstić information content (AvgIpc) is 2.99. The summed E-state index contributed by atoms with van der Waals surface area (Å²) in [6.07, 6.45) is 8.57. The summed E-state index contributed by atoms with van der Waals surface area (Å²) in [6, 6.07) is 0. The number of primary amides is 3. The summed E-state index contributed by atoms with van der Waals surface area (Å²) in [5.41, 5.74) is 15.7. The molecule has 0 aliphatic heterocycles. The summed E-state index contributed by atoms with van der Waals surface area (Å²) < 4.78 is 0. The maximum Gasteiger partial charge on any atom is 0.307 e. The molecule has 0 aromatic heterocycles. The van der Waals surface area contributed by atoms with Crippen molar-refractivity contribution in [3.05, 3.63) is 0 Å². The van der Waals surface area contributed by atoms with Crippen LogP contribution in [-0.4, -0.2) is 50.9 Å². The molecular weight excluding hydrogens is 654 g/mol. The summed E-state index contributed by atoms with van der Waals surface area (Å²) in [5, 5.41) is 24.7. The average molecular weight is 732 g/mol. The maximum absolute atomic E-state index is 10.9. The van der Waals surface area contributed by atoms with Gasteiger partial charge in [-0.05, 0) is 74.0 Å². The van der Waals surface area contributed by atoms with Gasteiger partial charge in [0, 0.05) is 17.8 Å². The van der Waals surface area contributed by atoms with E-state index in [0.29, 0.717) is 35.5 Å². The lowest BCUT2D eigenvalue weighted by molar-refractivity contribution is -0.152. The molecule has 0 fully saturated rings. The first kappa shape index (κ1) is 54.6. The van der Waals surface area contributed by atoms with E-state index in [1.807, 2.05) is 20.8 Å². The first-order valence-electron chi connectivity index (χ1n) is 18.9. The van der Waals surface area contributed by atoms with Crippen LogP contribution in [0.25, 0.3) is 0 Å². The Kier molecular flexibility index (Phi) is 33.8. The van der Waals surface area contributed by atoms with Crippen molar-refractivity contribution in [1.82, 2.24) is 0 Å².